The average Bonchev–Trinajstić information content (AvgIpc) is 2.82. The van der Waals surface area contributed by atoms with Crippen molar-refractivity contribution in [3.8, 4) is 22.4 Å². The van der Waals surface area contributed by atoms with Crippen LogP contribution in [0.3, 0.4) is 0 Å². The van der Waals surface area contributed by atoms with Crippen LogP contribution < -0.4 is 5.73 Å². The number of hydrogen-bond acceptors (Lipinski definition) is 4. The Hall–Kier alpha value is -2.69. The van der Waals surface area contributed by atoms with Crippen LogP contribution in [0, 0.1) is 6.92 Å². The molecular weight excluding hydrogens is 238 g/mol. The van der Waals surface area contributed by atoms with Crippen molar-refractivity contribution < 1.29 is 0 Å². The molecule has 0 spiro atoms. The van der Waals surface area contributed by atoms with Gasteiger partial charge in [0.1, 0.15) is 0 Å². The molecule has 0 amide bonds. The number of aryl methyl sites for hydroxylation is 1. The SMILES string of the molecule is Cc1ncccc1-c1[nH]nc(N)c1-c1cccnc1. The number of aromatic nitrogens is 4. The third kappa shape index (κ3) is 1.95. The van der Waals surface area contributed by atoms with Crippen LogP contribution in [0.4, 0.5) is 5.82 Å². The first-order valence-electron chi connectivity index (χ1n) is 5.93. The third-order valence-corrected chi connectivity index (χ3v) is 3.02. The number of nitrogens with one attached hydrogen (secondary N) is 1. The predicted octanol–water partition coefficient (Wildman–Crippen LogP) is 2.42. The van der Waals surface area contributed by atoms with Gasteiger partial charge in [-0.3, -0.25) is 15.1 Å². The summed E-state index contributed by atoms with van der Waals surface area (Å²) >= 11 is 0. The Labute approximate surface area is 110 Å². The zero-order valence-electron chi connectivity index (χ0n) is 10.5. The lowest BCUT2D eigenvalue weighted by molar-refractivity contribution is 1.09. The first-order valence-corrected chi connectivity index (χ1v) is 5.93. The van der Waals surface area contributed by atoms with E-state index in [-0.39, 0.29) is 0 Å². The summed E-state index contributed by atoms with van der Waals surface area (Å²) in [7, 11) is 0. The number of hydrogen-bond donors (Lipinski definition) is 2. The van der Waals surface area contributed by atoms with Crippen LogP contribution in [0.15, 0.2) is 42.9 Å². The Balaban J connectivity index is 2.23. The van der Waals surface area contributed by atoms with E-state index in [1.54, 1.807) is 18.6 Å². The Kier molecular flexibility index (Phi) is 2.72. The highest BCUT2D eigenvalue weighted by Gasteiger charge is 2.16. The number of pyridine rings is 2. The van der Waals surface area contributed by atoms with Crippen LogP contribution in [0.5, 0.6) is 0 Å². The van der Waals surface area contributed by atoms with Crippen molar-refractivity contribution in [2.24, 2.45) is 0 Å². The lowest BCUT2D eigenvalue weighted by Crippen LogP contribution is -1.91. The molecule has 19 heavy (non-hydrogen) atoms. The Morgan fingerprint density at radius 1 is 1.16 bits per heavy atom. The van der Waals surface area contributed by atoms with Gasteiger partial charge in [-0.2, -0.15) is 5.10 Å². The summed E-state index contributed by atoms with van der Waals surface area (Å²) in [6, 6.07) is 7.73. The van der Waals surface area contributed by atoms with E-state index in [9.17, 15) is 0 Å². The molecule has 3 rings (SSSR count). The number of anilines is 1. The molecule has 0 atom stereocenters. The molecule has 0 aliphatic carbocycles. The molecule has 3 N–H and O–H groups in total. The standard InChI is InChI=1S/C14H13N5/c1-9-11(5-3-7-17-9)13-12(14(15)19-18-13)10-4-2-6-16-8-10/h2-8H,1H3,(H3,15,18,19). The highest BCUT2D eigenvalue weighted by molar-refractivity contribution is 5.87. The minimum absolute atomic E-state index is 0.464. The van der Waals surface area contributed by atoms with Crippen LogP contribution >= 0.6 is 0 Å². The van der Waals surface area contributed by atoms with E-state index in [1.165, 1.54) is 0 Å². The van der Waals surface area contributed by atoms with E-state index >= 15 is 0 Å². The maximum atomic E-state index is 5.97. The smallest absolute Gasteiger partial charge is 0.153 e. The van der Waals surface area contributed by atoms with Gasteiger partial charge < -0.3 is 5.73 Å². The molecule has 0 fully saturated rings. The summed E-state index contributed by atoms with van der Waals surface area (Å²) in [5.41, 5.74) is 10.6. The zero-order valence-corrected chi connectivity index (χ0v) is 10.5. The summed E-state index contributed by atoms with van der Waals surface area (Å²) in [6.07, 6.45) is 5.27. The number of H-pyrrole nitrogens is 1. The first kappa shape index (κ1) is 11.4. The fourth-order valence-corrected chi connectivity index (χ4v) is 2.10. The van der Waals surface area contributed by atoms with Crippen molar-refractivity contribution in [1.82, 2.24) is 20.2 Å². The molecule has 5 heteroatoms. The molecule has 94 valence electrons. The fraction of sp³-hybridized carbons (Fsp3) is 0.0714. The molecule has 0 unspecified atom stereocenters. The van der Waals surface area contributed by atoms with Gasteiger partial charge >= 0.3 is 0 Å². The van der Waals surface area contributed by atoms with Gasteiger partial charge in [0.05, 0.1) is 11.3 Å². The van der Waals surface area contributed by atoms with Crippen molar-refractivity contribution in [3.05, 3.63) is 48.5 Å². The highest BCUT2D eigenvalue weighted by Crippen LogP contribution is 2.34. The molecule has 0 saturated heterocycles. The van der Waals surface area contributed by atoms with E-state index in [1.807, 2.05) is 31.2 Å². The van der Waals surface area contributed by atoms with Gasteiger partial charge in [0.25, 0.3) is 0 Å². The lowest BCUT2D eigenvalue weighted by atomic mass is 10.0. The molecule has 0 aliphatic rings. The van der Waals surface area contributed by atoms with Gasteiger partial charge in [0.15, 0.2) is 5.82 Å². The molecule has 0 aromatic carbocycles. The van der Waals surface area contributed by atoms with Crippen molar-refractivity contribution >= 4 is 5.82 Å². The average molecular weight is 251 g/mol. The lowest BCUT2D eigenvalue weighted by Gasteiger charge is -2.06. The summed E-state index contributed by atoms with van der Waals surface area (Å²) in [5.74, 6) is 0.464. The number of rotatable bonds is 2. The van der Waals surface area contributed by atoms with Crippen LogP contribution in [0.25, 0.3) is 22.4 Å². The Bertz CT molecular complexity index is 703. The maximum Gasteiger partial charge on any atom is 0.153 e. The van der Waals surface area contributed by atoms with Gasteiger partial charge in [-0.1, -0.05) is 6.07 Å². The second-order valence-electron chi connectivity index (χ2n) is 4.24. The van der Waals surface area contributed by atoms with Crippen molar-refractivity contribution in [2.75, 3.05) is 5.73 Å². The molecule has 3 heterocycles. The molecule has 3 aromatic heterocycles. The second-order valence-corrected chi connectivity index (χ2v) is 4.24. The van der Waals surface area contributed by atoms with E-state index in [0.29, 0.717) is 5.82 Å². The minimum atomic E-state index is 0.464. The number of nitrogens with zero attached hydrogens (tertiary/aromatic N) is 3. The normalized spacial score (nSPS) is 10.6. The van der Waals surface area contributed by atoms with Gasteiger partial charge in [-0.25, -0.2) is 0 Å². The van der Waals surface area contributed by atoms with Gasteiger partial charge in [-0.05, 0) is 25.1 Å². The third-order valence-electron chi connectivity index (χ3n) is 3.02. The highest BCUT2D eigenvalue weighted by atomic mass is 15.2. The molecule has 3 aromatic rings. The van der Waals surface area contributed by atoms with Crippen LogP contribution in [-0.4, -0.2) is 20.2 Å². The molecular formula is C14H13N5. The van der Waals surface area contributed by atoms with Crippen LogP contribution in [0.1, 0.15) is 5.69 Å². The summed E-state index contributed by atoms with van der Waals surface area (Å²) in [6.45, 7) is 1.96. The molecule has 0 radical (unpaired) electrons. The number of nitrogens with two attached hydrogens (primary N) is 1. The Morgan fingerprint density at radius 3 is 2.74 bits per heavy atom. The van der Waals surface area contributed by atoms with Crippen LogP contribution in [-0.2, 0) is 0 Å². The predicted molar refractivity (Wildman–Crippen MR) is 74.2 cm³/mol. The Morgan fingerprint density at radius 2 is 2.00 bits per heavy atom. The summed E-state index contributed by atoms with van der Waals surface area (Å²) in [4.78, 5) is 8.42. The first-order chi connectivity index (χ1) is 9.27. The maximum absolute atomic E-state index is 5.97. The molecule has 0 bridgehead atoms. The van der Waals surface area contributed by atoms with E-state index < -0.39 is 0 Å². The van der Waals surface area contributed by atoms with E-state index in [2.05, 4.69) is 20.2 Å². The van der Waals surface area contributed by atoms with E-state index in [4.69, 9.17) is 5.73 Å². The number of aromatic amines is 1. The quantitative estimate of drug-likeness (QED) is 0.733. The van der Waals surface area contributed by atoms with Gasteiger partial charge in [0.2, 0.25) is 0 Å². The topological polar surface area (TPSA) is 80.5 Å². The fourth-order valence-electron chi connectivity index (χ4n) is 2.10. The minimum Gasteiger partial charge on any atom is -0.382 e. The molecule has 0 aliphatic heterocycles. The molecule has 0 saturated carbocycles. The van der Waals surface area contributed by atoms with Crippen molar-refractivity contribution in [2.45, 2.75) is 6.92 Å². The van der Waals surface area contributed by atoms with E-state index in [0.717, 1.165) is 28.1 Å². The van der Waals surface area contributed by atoms with Gasteiger partial charge in [-0.15, -0.1) is 0 Å². The van der Waals surface area contributed by atoms with Gasteiger partial charge in [0, 0.05) is 35.4 Å². The van der Waals surface area contributed by atoms with Crippen LogP contribution in [0.2, 0.25) is 0 Å². The second kappa shape index (κ2) is 4.53. The van der Waals surface area contributed by atoms with Crippen molar-refractivity contribution in [3.63, 3.8) is 0 Å². The monoisotopic (exact) mass is 251 g/mol. The van der Waals surface area contributed by atoms with Crippen molar-refractivity contribution in [1.29, 1.82) is 0 Å². The summed E-state index contributed by atoms with van der Waals surface area (Å²) in [5, 5.41) is 7.09. The zero-order chi connectivity index (χ0) is 13.2. The largest absolute Gasteiger partial charge is 0.382 e. The number of nitrogen functional groups attached to an aromatic ring is 1. The summed E-state index contributed by atoms with van der Waals surface area (Å²) < 4.78 is 0. The molecule has 5 nitrogen and oxygen atoms in total.